The smallest absolute Gasteiger partial charge is 0.317 e. The summed E-state index contributed by atoms with van der Waals surface area (Å²) in [5, 5.41) is 2.99. The van der Waals surface area contributed by atoms with Gasteiger partial charge in [0.1, 0.15) is 5.75 Å². The maximum atomic E-state index is 12.4. The van der Waals surface area contributed by atoms with Crippen molar-refractivity contribution in [3.8, 4) is 5.75 Å². The molecule has 1 aromatic rings. The maximum Gasteiger partial charge on any atom is 0.317 e. The molecule has 3 amide bonds. The molecule has 0 spiro atoms. The molecule has 132 valence electrons. The fraction of sp³-hybridized carbons (Fsp3) is 0.556. The quantitative estimate of drug-likeness (QED) is 0.834. The second-order valence-corrected chi connectivity index (χ2v) is 5.99. The van der Waals surface area contributed by atoms with Crippen LogP contribution in [0.2, 0.25) is 0 Å². The van der Waals surface area contributed by atoms with E-state index in [0.29, 0.717) is 25.3 Å². The number of nitrogens with zero attached hydrogens (tertiary/aromatic N) is 2. The predicted octanol–water partition coefficient (Wildman–Crippen LogP) is 2.63. The van der Waals surface area contributed by atoms with Gasteiger partial charge in [0.15, 0.2) is 0 Å². The number of anilines is 1. The minimum Gasteiger partial charge on any atom is -0.497 e. The van der Waals surface area contributed by atoms with Gasteiger partial charge >= 0.3 is 6.03 Å². The Balaban J connectivity index is 1.97. The van der Waals surface area contributed by atoms with E-state index < -0.39 is 0 Å². The van der Waals surface area contributed by atoms with Crippen LogP contribution in [0.3, 0.4) is 0 Å². The molecule has 6 nitrogen and oxygen atoms in total. The van der Waals surface area contributed by atoms with Gasteiger partial charge in [-0.25, -0.2) is 4.79 Å². The van der Waals surface area contributed by atoms with Crippen molar-refractivity contribution in [2.24, 2.45) is 0 Å². The van der Waals surface area contributed by atoms with Crippen LogP contribution in [-0.2, 0) is 4.79 Å². The second kappa shape index (κ2) is 8.57. The summed E-state index contributed by atoms with van der Waals surface area (Å²) in [6.45, 7) is 5.99. The molecule has 2 rings (SSSR count). The first-order chi connectivity index (χ1) is 11.6. The average Bonchev–Trinajstić information content (AvgIpc) is 2.96. The van der Waals surface area contributed by atoms with Crippen LogP contribution in [0.5, 0.6) is 5.75 Å². The summed E-state index contributed by atoms with van der Waals surface area (Å²) in [6.07, 6.45) is 2.37. The molecule has 1 fully saturated rings. The summed E-state index contributed by atoms with van der Waals surface area (Å²) in [5.74, 6) is 0.731. The Labute approximate surface area is 143 Å². The third-order valence-electron chi connectivity index (χ3n) is 4.27. The number of amides is 3. The van der Waals surface area contributed by atoms with Gasteiger partial charge in [0.25, 0.3) is 0 Å². The van der Waals surface area contributed by atoms with E-state index in [0.717, 1.165) is 25.1 Å². The fourth-order valence-electron chi connectivity index (χ4n) is 2.85. The predicted molar refractivity (Wildman–Crippen MR) is 94.4 cm³/mol. The van der Waals surface area contributed by atoms with E-state index in [2.05, 4.69) is 12.2 Å². The molecule has 1 N–H and O–H groups in total. The highest BCUT2D eigenvalue weighted by molar-refractivity contribution is 5.97. The Morgan fingerprint density at radius 3 is 2.88 bits per heavy atom. The molecule has 1 aliphatic rings. The Morgan fingerprint density at radius 2 is 2.21 bits per heavy atom. The van der Waals surface area contributed by atoms with Crippen molar-refractivity contribution in [3.63, 3.8) is 0 Å². The number of hydrogen-bond donors (Lipinski definition) is 1. The lowest BCUT2D eigenvalue weighted by atomic mass is 10.2. The molecular weight excluding hydrogens is 306 g/mol. The summed E-state index contributed by atoms with van der Waals surface area (Å²) in [4.78, 5) is 28.1. The molecule has 0 unspecified atom stereocenters. The summed E-state index contributed by atoms with van der Waals surface area (Å²) in [7, 11) is 1.60. The lowest BCUT2D eigenvalue weighted by Crippen LogP contribution is -2.46. The van der Waals surface area contributed by atoms with Gasteiger partial charge in [0, 0.05) is 37.8 Å². The SMILES string of the molecule is CCCCN(CC)C(=O)N[C@H]1CC(=O)N(c2cccc(OC)c2)C1. The molecule has 1 aromatic carbocycles. The monoisotopic (exact) mass is 333 g/mol. The van der Waals surface area contributed by atoms with E-state index in [9.17, 15) is 9.59 Å². The van der Waals surface area contributed by atoms with Crippen molar-refractivity contribution in [2.75, 3.05) is 31.6 Å². The van der Waals surface area contributed by atoms with Crippen LogP contribution in [0, 0.1) is 0 Å². The van der Waals surface area contributed by atoms with Gasteiger partial charge in [-0.05, 0) is 25.5 Å². The van der Waals surface area contributed by atoms with Crippen molar-refractivity contribution < 1.29 is 14.3 Å². The molecule has 1 atom stereocenters. The van der Waals surface area contributed by atoms with E-state index in [1.54, 1.807) is 16.9 Å². The van der Waals surface area contributed by atoms with Crippen molar-refractivity contribution in [1.82, 2.24) is 10.2 Å². The number of carbonyl (C=O) groups is 2. The third-order valence-corrected chi connectivity index (χ3v) is 4.27. The number of methoxy groups -OCH3 is 1. The van der Waals surface area contributed by atoms with Crippen molar-refractivity contribution in [1.29, 1.82) is 0 Å². The molecule has 0 bridgehead atoms. The highest BCUT2D eigenvalue weighted by Crippen LogP contribution is 2.25. The van der Waals surface area contributed by atoms with E-state index >= 15 is 0 Å². The number of benzene rings is 1. The summed E-state index contributed by atoms with van der Waals surface area (Å²) < 4.78 is 5.21. The highest BCUT2D eigenvalue weighted by atomic mass is 16.5. The average molecular weight is 333 g/mol. The first-order valence-electron chi connectivity index (χ1n) is 8.58. The molecule has 1 heterocycles. The normalized spacial score (nSPS) is 17.0. The number of nitrogens with one attached hydrogen (secondary N) is 1. The van der Waals surface area contributed by atoms with Crippen LogP contribution in [0.4, 0.5) is 10.5 Å². The van der Waals surface area contributed by atoms with Crippen LogP contribution in [0.15, 0.2) is 24.3 Å². The summed E-state index contributed by atoms with van der Waals surface area (Å²) in [6, 6.07) is 7.17. The zero-order valence-corrected chi connectivity index (χ0v) is 14.7. The van der Waals surface area contributed by atoms with E-state index in [-0.39, 0.29) is 18.0 Å². The molecule has 24 heavy (non-hydrogen) atoms. The second-order valence-electron chi connectivity index (χ2n) is 5.99. The van der Waals surface area contributed by atoms with Crippen LogP contribution in [-0.4, -0.2) is 49.6 Å². The number of rotatable bonds is 7. The van der Waals surface area contributed by atoms with Gasteiger partial charge in [-0.2, -0.15) is 0 Å². The van der Waals surface area contributed by atoms with Crippen LogP contribution in [0.25, 0.3) is 0 Å². The lowest BCUT2D eigenvalue weighted by molar-refractivity contribution is -0.117. The number of carbonyl (C=O) groups excluding carboxylic acids is 2. The maximum absolute atomic E-state index is 12.4. The molecule has 0 aromatic heterocycles. The lowest BCUT2D eigenvalue weighted by Gasteiger charge is -2.23. The zero-order chi connectivity index (χ0) is 17.5. The molecular formula is C18H27N3O3. The summed E-state index contributed by atoms with van der Waals surface area (Å²) in [5.41, 5.74) is 0.800. The van der Waals surface area contributed by atoms with Gasteiger partial charge in [-0.3, -0.25) is 4.79 Å². The first-order valence-corrected chi connectivity index (χ1v) is 8.58. The number of urea groups is 1. The van der Waals surface area contributed by atoms with Gasteiger partial charge < -0.3 is 19.9 Å². The minimum absolute atomic E-state index is 0.0187. The van der Waals surface area contributed by atoms with E-state index in [4.69, 9.17) is 4.74 Å². The Hall–Kier alpha value is -2.24. The molecule has 1 aliphatic heterocycles. The van der Waals surface area contributed by atoms with Crippen molar-refractivity contribution in [3.05, 3.63) is 24.3 Å². The van der Waals surface area contributed by atoms with Crippen LogP contribution in [0.1, 0.15) is 33.1 Å². The van der Waals surface area contributed by atoms with Gasteiger partial charge in [-0.1, -0.05) is 19.4 Å². The van der Waals surface area contributed by atoms with E-state index in [1.807, 2.05) is 31.2 Å². The Bertz CT molecular complexity index is 576. The molecule has 1 saturated heterocycles. The summed E-state index contributed by atoms with van der Waals surface area (Å²) >= 11 is 0. The largest absolute Gasteiger partial charge is 0.497 e. The topological polar surface area (TPSA) is 61.9 Å². The van der Waals surface area contributed by atoms with Gasteiger partial charge in [0.2, 0.25) is 5.91 Å². The van der Waals surface area contributed by atoms with Crippen LogP contribution >= 0.6 is 0 Å². The van der Waals surface area contributed by atoms with E-state index in [1.165, 1.54) is 0 Å². The molecule has 0 saturated carbocycles. The van der Waals surface area contributed by atoms with Gasteiger partial charge in [-0.15, -0.1) is 0 Å². The third kappa shape index (κ3) is 4.40. The first kappa shape index (κ1) is 18.1. The fourth-order valence-corrected chi connectivity index (χ4v) is 2.85. The number of unbranched alkanes of at least 4 members (excludes halogenated alkanes) is 1. The van der Waals surface area contributed by atoms with Crippen molar-refractivity contribution >= 4 is 17.6 Å². The Kier molecular flexibility index (Phi) is 6.46. The zero-order valence-electron chi connectivity index (χ0n) is 14.7. The molecule has 0 aliphatic carbocycles. The number of hydrogen-bond acceptors (Lipinski definition) is 3. The molecule has 0 radical (unpaired) electrons. The van der Waals surface area contributed by atoms with Crippen molar-refractivity contribution in [2.45, 2.75) is 39.2 Å². The standard InChI is InChI=1S/C18H27N3O3/c1-4-6-10-20(5-2)18(23)19-14-11-17(22)21(13-14)15-8-7-9-16(12-15)24-3/h7-9,12,14H,4-6,10-11,13H2,1-3H3,(H,19,23)/t14-/m0/s1. The number of ether oxygens (including phenoxy) is 1. The molecule has 6 heteroatoms. The minimum atomic E-state index is -0.160. The van der Waals surface area contributed by atoms with Gasteiger partial charge in [0.05, 0.1) is 13.2 Å². The Morgan fingerprint density at radius 1 is 1.42 bits per heavy atom. The highest BCUT2D eigenvalue weighted by Gasteiger charge is 2.32. The van der Waals surface area contributed by atoms with Crippen LogP contribution < -0.4 is 15.0 Å².